The van der Waals surface area contributed by atoms with Crippen molar-refractivity contribution in [2.45, 2.75) is 18.9 Å². The highest BCUT2D eigenvalue weighted by molar-refractivity contribution is 5.97. The van der Waals surface area contributed by atoms with Crippen molar-refractivity contribution in [3.05, 3.63) is 17.7 Å². The van der Waals surface area contributed by atoms with Crippen molar-refractivity contribution in [3.63, 3.8) is 0 Å². The first-order valence-corrected chi connectivity index (χ1v) is 8.05. The summed E-state index contributed by atoms with van der Waals surface area (Å²) in [6, 6.07) is 3.06. The van der Waals surface area contributed by atoms with Gasteiger partial charge in [-0.3, -0.25) is 9.59 Å². The van der Waals surface area contributed by atoms with E-state index >= 15 is 0 Å². The van der Waals surface area contributed by atoms with E-state index < -0.39 is 5.91 Å². The van der Waals surface area contributed by atoms with Crippen molar-refractivity contribution in [2.75, 3.05) is 41.0 Å². The van der Waals surface area contributed by atoms with Crippen LogP contribution >= 0.6 is 0 Å². The van der Waals surface area contributed by atoms with Crippen LogP contribution in [-0.4, -0.2) is 58.9 Å². The highest BCUT2D eigenvalue weighted by Crippen LogP contribution is 2.38. The number of benzene rings is 1. The number of rotatable bonds is 8. The van der Waals surface area contributed by atoms with Crippen LogP contribution in [0.4, 0.5) is 0 Å². The lowest BCUT2D eigenvalue weighted by Crippen LogP contribution is -2.39. The lowest BCUT2D eigenvalue weighted by Gasteiger charge is -2.14. The molecular weight excluding hydrogens is 328 g/mol. The first-order valence-electron chi connectivity index (χ1n) is 8.05. The molecule has 138 valence electrons. The summed E-state index contributed by atoms with van der Waals surface area (Å²) in [6.07, 6.45) is 2.02. The number of hydrogen-bond acceptors (Lipinski definition) is 6. The smallest absolute Gasteiger partial charge is 0.251 e. The fourth-order valence-electron chi connectivity index (χ4n) is 2.57. The Bertz CT molecular complexity index is 588. The Kier molecular flexibility index (Phi) is 6.88. The summed E-state index contributed by atoms with van der Waals surface area (Å²) >= 11 is 0. The van der Waals surface area contributed by atoms with Gasteiger partial charge in [0.15, 0.2) is 11.5 Å². The minimum Gasteiger partial charge on any atom is -0.493 e. The summed E-state index contributed by atoms with van der Waals surface area (Å²) in [6.45, 7) is 1.07. The summed E-state index contributed by atoms with van der Waals surface area (Å²) in [5.74, 6) is 0.461. The van der Waals surface area contributed by atoms with E-state index in [-0.39, 0.29) is 18.6 Å². The third-order valence-electron chi connectivity index (χ3n) is 3.89. The summed E-state index contributed by atoms with van der Waals surface area (Å²) in [4.78, 5) is 24.1. The van der Waals surface area contributed by atoms with Gasteiger partial charge in [0.2, 0.25) is 11.7 Å². The zero-order valence-electron chi connectivity index (χ0n) is 14.7. The van der Waals surface area contributed by atoms with Crippen LogP contribution in [0.3, 0.4) is 0 Å². The van der Waals surface area contributed by atoms with Crippen LogP contribution in [0.2, 0.25) is 0 Å². The molecule has 0 radical (unpaired) electrons. The third-order valence-corrected chi connectivity index (χ3v) is 3.89. The van der Waals surface area contributed by atoms with E-state index in [1.54, 1.807) is 0 Å². The van der Waals surface area contributed by atoms with Crippen molar-refractivity contribution in [2.24, 2.45) is 0 Å². The molecule has 1 aliphatic heterocycles. The summed E-state index contributed by atoms with van der Waals surface area (Å²) < 4.78 is 21.1. The van der Waals surface area contributed by atoms with Gasteiger partial charge < -0.3 is 29.6 Å². The molecule has 1 aromatic rings. The van der Waals surface area contributed by atoms with E-state index in [0.717, 1.165) is 19.4 Å². The third kappa shape index (κ3) is 4.99. The Morgan fingerprint density at radius 2 is 1.80 bits per heavy atom. The molecule has 0 unspecified atom stereocenters. The van der Waals surface area contributed by atoms with Gasteiger partial charge in [0.1, 0.15) is 0 Å². The van der Waals surface area contributed by atoms with Gasteiger partial charge in [-0.2, -0.15) is 0 Å². The maximum atomic E-state index is 12.3. The van der Waals surface area contributed by atoms with Gasteiger partial charge in [0.25, 0.3) is 5.91 Å². The molecular formula is C17H24N2O6. The normalized spacial score (nSPS) is 16.2. The van der Waals surface area contributed by atoms with E-state index in [9.17, 15) is 9.59 Å². The first kappa shape index (κ1) is 18.9. The average Bonchev–Trinajstić information content (AvgIpc) is 3.16. The van der Waals surface area contributed by atoms with Crippen molar-refractivity contribution < 1.29 is 28.5 Å². The molecule has 0 bridgehead atoms. The minimum absolute atomic E-state index is 0.0646. The maximum absolute atomic E-state index is 12.3. The van der Waals surface area contributed by atoms with Gasteiger partial charge in [0.05, 0.1) is 34.0 Å². The second-order valence-electron chi connectivity index (χ2n) is 5.54. The second kappa shape index (κ2) is 9.12. The Morgan fingerprint density at radius 1 is 1.12 bits per heavy atom. The van der Waals surface area contributed by atoms with Crippen molar-refractivity contribution >= 4 is 11.8 Å². The number of hydrogen-bond donors (Lipinski definition) is 2. The van der Waals surface area contributed by atoms with Gasteiger partial charge in [-0.25, -0.2) is 0 Å². The zero-order valence-corrected chi connectivity index (χ0v) is 14.7. The monoisotopic (exact) mass is 352 g/mol. The predicted molar refractivity (Wildman–Crippen MR) is 90.4 cm³/mol. The van der Waals surface area contributed by atoms with Crippen LogP contribution < -0.4 is 24.8 Å². The topological polar surface area (TPSA) is 95.1 Å². The van der Waals surface area contributed by atoms with Crippen LogP contribution in [0, 0.1) is 0 Å². The molecule has 0 spiro atoms. The summed E-state index contributed by atoms with van der Waals surface area (Å²) in [5, 5.41) is 5.32. The molecule has 0 aromatic heterocycles. The van der Waals surface area contributed by atoms with Crippen LogP contribution in [0.1, 0.15) is 23.2 Å². The van der Waals surface area contributed by atoms with Gasteiger partial charge in [-0.15, -0.1) is 0 Å². The predicted octanol–water partition coefficient (Wildman–Crippen LogP) is 0.737. The Labute approximate surface area is 146 Å². The lowest BCUT2D eigenvalue weighted by molar-refractivity contribution is -0.120. The minimum atomic E-state index is -0.411. The van der Waals surface area contributed by atoms with Crippen LogP contribution in [0.15, 0.2) is 12.1 Å². The van der Waals surface area contributed by atoms with Gasteiger partial charge >= 0.3 is 0 Å². The van der Waals surface area contributed by atoms with Gasteiger partial charge in [-0.05, 0) is 25.0 Å². The molecule has 1 fully saturated rings. The molecule has 0 aliphatic carbocycles. The molecule has 2 amide bonds. The number of nitrogens with one attached hydrogen (secondary N) is 2. The number of carbonyl (C=O) groups excluding carboxylic acids is 2. The van der Waals surface area contributed by atoms with E-state index in [0.29, 0.717) is 29.4 Å². The molecule has 0 saturated carbocycles. The number of methoxy groups -OCH3 is 3. The molecule has 1 aliphatic rings. The first-order chi connectivity index (χ1) is 12.1. The quantitative estimate of drug-likeness (QED) is 0.716. The molecule has 2 rings (SSSR count). The zero-order chi connectivity index (χ0) is 18.2. The molecule has 1 saturated heterocycles. The lowest BCUT2D eigenvalue weighted by atomic mass is 10.1. The Balaban J connectivity index is 1.92. The summed E-state index contributed by atoms with van der Waals surface area (Å²) in [5.41, 5.74) is 0.307. The summed E-state index contributed by atoms with van der Waals surface area (Å²) in [7, 11) is 4.42. The number of amides is 2. The standard InChI is InChI=1S/C17H24N2O6/c1-22-13-7-11(8-14(23-2)16(13)24-3)17(21)19-10-15(20)18-9-12-5-4-6-25-12/h7-8,12H,4-6,9-10H2,1-3H3,(H,18,20)(H,19,21)/t12-/m0/s1. The largest absolute Gasteiger partial charge is 0.493 e. The number of carbonyl (C=O) groups is 2. The highest BCUT2D eigenvalue weighted by Gasteiger charge is 2.18. The molecule has 1 heterocycles. The van der Waals surface area contributed by atoms with Gasteiger partial charge in [0, 0.05) is 18.7 Å². The van der Waals surface area contributed by atoms with Crippen LogP contribution in [0.5, 0.6) is 17.2 Å². The molecule has 8 heteroatoms. The second-order valence-corrected chi connectivity index (χ2v) is 5.54. The Morgan fingerprint density at radius 3 is 2.32 bits per heavy atom. The highest BCUT2D eigenvalue weighted by atomic mass is 16.5. The Hall–Kier alpha value is -2.48. The van der Waals surface area contributed by atoms with E-state index in [2.05, 4.69) is 10.6 Å². The van der Waals surface area contributed by atoms with E-state index in [4.69, 9.17) is 18.9 Å². The fourth-order valence-corrected chi connectivity index (χ4v) is 2.57. The molecule has 8 nitrogen and oxygen atoms in total. The van der Waals surface area contributed by atoms with Crippen molar-refractivity contribution in [1.29, 1.82) is 0 Å². The molecule has 25 heavy (non-hydrogen) atoms. The molecule has 2 N–H and O–H groups in total. The molecule has 1 atom stereocenters. The van der Waals surface area contributed by atoms with Crippen molar-refractivity contribution in [3.8, 4) is 17.2 Å². The van der Waals surface area contributed by atoms with Gasteiger partial charge in [-0.1, -0.05) is 0 Å². The fraction of sp³-hybridized carbons (Fsp3) is 0.529. The maximum Gasteiger partial charge on any atom is 0.251 e. The average molecular weight is 352 g/mol. The number of ether oxygens (including phenoxy) is 4. The molecule has 1 aromatic carbocycles. The van der Waals surface area contributed by atoms with Crippen LogP contribution in [-0.2, 0) is 9.53 Å². The van der Waals surface area contributed by atoms with Crippen LogP contribution in [0.25, 0.3) is 0 Å². The van der Waals surface area contributed by atoms with E-state index in [1.165, 1.54) is 33.5 Å². The SMILES string of the molecule is COc1cc(C(=O)NCC(=O)NC[C@@H]2CCCO2)cc(OC)c1OC. The van der Waals surface area contributed by atoms with E-state index in [1.807, 2.05) is 0 Å². The van der Waals surface area contributed by atoms with Crippen molar-refractivity contribution in [1.82, 2.24) is 10.6 Å².